The number of rotatable bonds is 4. The lowest BCUT2D eigenvalue weighted by Gasteiger charge is -2.67. The summed E-state index contributed by atoms with van der Waals surface area (Å²) in [7, 11) is 1.43. The van der Waals surface area contributed by atoms with Crippen molar-refractivity contribution in [3.05, 3.63) is 11.6 Å². The molecule has 10 heteroatoms. The second-order valence-electron chi connectivity index (χ2n) is 14.0. The van der Waals surface area contributed by atoms with E-state index in [1.165, 1.54) is 7.11 Å². The molecule has 4 aliphatic carbocycles. The zero-order valence-corrected chi connectivity index (χ0v) is 24.0. The molecular formula is C30H46O10. The Balaban J connectivity index is 1.22. The van der Waals surface area contributed by atoms with Crippen molar-refractivity contribution in [2.75, 3.05) is 13.7 Å². The van der Waals surface area contributed by atoms with Crippen molar-refractivity contribution in [2.24, 2.45) is 28.6 Å². The maximum Gasteiger partial charge on any atom is 0.331 e. The monoisotopic (exact) mass is 566 g/mol. The van der Waals surface area contributed by atoms with Crippen molar-refractivity contribution in [2.45, 2.75) is 126 Å². The SMILES string of the molecule is COC1C(O)C(C)OC(OC2CCC3(C)C4C(O)CC5(C)C(C6=CC(=O)OC6)CCC5(O)C4CCC3(O)C2)C1O. The van der Waals surface area contributed by atoms with Crippen LogP contribution in [0.1, 0.15) is 72.1 Å². The predicted molar refractivity (Wildman–Crippen MR) is 141 cm³/mol. The third-order valence-corrected chi connectivity index (χ3v) is 12.4. The van der Waals surface area contributed by atoms with E-state index in [1.54, 1.807) is 13.0 Å². The van der Waals surface area contributed by atoms with E-state index in [1.807, 2.05) is 0 Å². The number of hydrogen-bond acceptors (Lipinski definition) is 10. The van der Waals surface area contributed by atoms with Gasteiger partial charge < -0.3 is 44.5 Å². The fourth-order valence-corrected chi connectivity index (χ4v) is 10.2. The van der Waals surface area contributed by atoms with Gasteiger partial charge in [-0.15, -0.1) is 0 Å². The van der Waals surface area contributed by atoms with E-state index >= 15 is 0 Å². The first-order valence-electron chi connectivity index (χ1n) is 15.0. The van der Waals surface area contributed by atoms with Crippen LogP contribution >= 0.6 is 0 Å². The third-order valence-electron chi connectivity index (χ3n) is 12.4. The van der Waals surface area contributed by atoms with Gasteiger partial charge in [-0.25, -0.2) is 4.79 Å². The number of aliphatic hydroxyl groups is 5. The molecule has 40 heavy (non-hydrogen) atoms. The van der Waals surface area contributed by atoms with Gasteiger partial charge in [-0.05, 0) is 75.2 Å². The fourth-order valence-electron chi connectivity index (χ4n) is 10.2. The molecule has 6 rings (SSSR count). The normalized spacial score (nSPS) is 56.1. The minimum absolute atomic E-state index is 0.0314. The van der Waals surface area contributed by atoms with E-state index < -0.39 is 58.8 Å². The van der Waals surface area contributed by atoms with Gasteiger partial charge in [0.1, 0.15) is 24.9 Å². The highest BCUT2D eigenvalue weighted by atomic mass is 16.7. The highest BCUT2D eigenvalue weighted by Crippen LogP contribution is 2.70. The number of carbonyl (C=O) groups excluding carboxylic acids is 1. The molecule has 1 saturated heterocycles. The van der Waals surface area contributed by atoms with Crippen molar-refractivity contribution in [3.63, 3.8) is 0 Å². The van der Waals surface area contributed by atoms with Crippen LogP contribution in [0.2, 0.25) is 0 Å². The maximum atomic E-state index is 12.4. The number of hydrogen-bond donors (Lipinski definition) is 5. The standard InChI is InChI=1S/C30H46O10/c1-15-23(33)25(37-4)24(34)26(39-15)40-17-5-8-27(2)22-19(6-9-29(27,35)12-17)30(36)10-7-18(16-11-21(32)38-14-16)28(30,3)13-20(22)31/h11,15,17-20,22-26,31,33-36H,5-10,12-14H2,1-4H3. The van der Waals surface area contributed by atoms with Crippen molar-refractivity contribution >= 4 is 5.97 Å². The second-order valence-corrected chi connectivity index (χ2v) is 14.0. The lowest BCUT2D eigenvalue weighted by Crippen LogP contribution is -2.71. The van der Waals surface area contributed by atoms with Gasteiger partial charge in [-0.1, -0.05) is 13.8 Å². The van der Waals surface area contributed by atoms with Crippen LogP contribution in [0.4, 0.5) is 0 Å². The molecule has 14 unspecified atom stereocenters. The van der Waals surface area contributed by atoms with Crippen molar-refractivity contribution < 1.29 is 49.3 Å². The summed E-state index contributed by atoms with van der Waals surface area (Å²) < 4.78 is 22.5. The quantitative estimate of drug-likeness (QED) is 0.248. The highest BCUT2D eigenvalue weighted by Gasteiger charge is 2.72. The van der Waals surface area contributed by atoms with E-state index in [9.17, 15) is 30.3 Å². The molecule has 0 spiro atoms. The van der Waals surface area contributed by atoms with Crippen LogP contribution in [-0.2, 0) is 23.7 Å². The Morgan fingerprint density at radius 1 is 0.975 bits per heavy atom. The van der Waals surface area contributed by atoms with Gasteiger partial charge in [0.05, 0.1) is 29.5 Å². The van der Waals surface area contributed by atoms with Gasteiger partial charge in [0.15, 0.2) is 6.29 Å². The Labute approximate surface area is 235 Å². The maximum absolute atomic E-state index is 12.4. The van der Waals surface area contributed by atoms with Crippen LogP contribution in [0.25, 0.3) is 0 Å². The average molecular weight is 567 g/mol. The molecule has 0 amide bonds. The number of fused-ring (bicyclic) bond motifs is 5. The molecule has 5 fully saturated rings. The smallest absolute Gasteiger partial charge is 0.331 e. The van der Waals surface area contributed by atoms with E-state index in [-0.39, 0.29) is 36.4 Å². The number of carbonyl (C=O) groups is 1. The molecule has 0 aromatic rings. The zero-order valence-electron chi connectivity index (χ0n) is 24.0. The largest absolute Gasteiger partial charge is 0.458 e. The first kappa shape index (κ1) is 29.0. The molecule has 0 radical (unpaired) electrons. The van der Waals surface area contributed by atoms with E-state index in [4.69, 9.17) is 18.9 Å². The average Bonchev–Trinajstić information content (AvgIpc) is 3.43. The van der Waals surface area contributed by atoms with E-state index in [0.717, 1.165) is 12.0 Å². The van der Waals surface area contributed by atoms with Gasteiger partial charge in [-0.3, -0.25) is 0 Å². The molecular weight excluding hydrogens is 520 g/mol. The van der Waals surface area contributed by atoms with Crippen LogP contribution in [0.15, 0.2) is 11.6 Å². The van der Waals surface area contributed by atoms with Gasteiger partial charge in [0.2, 0.25) is 0 Å². The van der Waals surface area contributed by atoms with Gasteiger partial charge >= 0.3 is 5.97 Å². The van der Waals surface area contributed by atoms with Crippen molar-refractivity contribution in [1.82, 2.24) is 0 Å². The molecule has 0 aromatic heterocycles. The Morgan fingerprint density at radius 3 is 2.40 bits per heavy atom. The van der Waals surface area contributed by atoms with Crippen molar-refractivity contribution in [3.8, 4) is 0 Å². The van der Waals surface area contributed by atoms with E-state index in [0.29, 0.717) is 44.9 Å². The molecule has 2 aliphatic heterocycles. The number of methoxy groups -OCH3 is 1. The first-order valence-corrected chi connectivity index (χ1v) is 15.0. The molecule has 0 aromatic carbocycles. The summed E-state index contributed by atoms with van der Waals surface area (Å²) in [5.41, 5.74) is -2.46. The molecule has 14 atom stereocenters. The third kappa shape index (κ3) is 3.93. The number of cyclic esters (lactones) is 1. The molecule has 0 bridgehead atoms. The zero-order chi connectivity index (χ0) is 28.8. The highest BCUT2D eigenvalue weighted by molar-refractivity contribution is 5.85. The summed E-state index contributed by atoms with van der Waals surface area (Å²) in [6.45, 7) is 6.07. The lowest BCUT2D eigenvalue weighted by molar-refractivity contribution is -0.325. The molecule has 4 saturated carbocycles. The summed E-state index contributed by atoms with van der Waals surface area (Å²) in [5, 5.41) is 57.5. The number of ether oxygens (including phenoxy) is 4. The molecule has 6 aliphatic rings. The Bertz CT molecular complexity index is 1050. The summed E-state index contributed by atoms with van der Waals surface area (Å²) >= 11 is 0. The molecule has 226 valence electrons. The van der Waals surface area contributed by atoms with Crippen LogP contribution in [0.3, 0.4) is 0 Å². The molecule has 2 heterocycles. The van der Waals surface area contributed by atoms with Crippen LogP contribution in [0.5, 0.6) is 0 Å². The minimum Gasteiger partial charge on any atom is -0.458 e. The van der Waals surface area contributed by atoms with Gasteiger partial charge in [0, 0.05) is 30.4 Å². The number of aliphatic hydroxyl groups excluding tert-OH is 3. The number of esters is 1. The summed E-state index contributed by atoms with van der Waals surface area (Å²) in [6, 6.07) is 0. The Kier molecular flexibility index (Phi) is 7.03. The van der Waals surface area contributed by atoms with E-state index in [2.05, 4.69) is 13.8 Å². The second kappa shape index (κ2) is 9.71. The lowest BCUT2D eigenvalue weighted by atomic mass is 9.41. The summed E-state index contributed by atoms with van der Waals surface area (Å²) in [4.78, 5) is 11.8. The topological polar surface area (TPSA) is 155 Å². The summed E-state index contributed by atoms with van der Waals surface area (Å²) in [6.07, 6.45) is 0.177. The van der Waals surface area contributed by atoms with Gasteiger partial charge in [0.25, 0.3) is 0 Å². The molecule has 5 N–H and O–H groups in total. The van der Waals surface area contributed by atoms with Crippen LogP contribution in [0, 0.1) is 28.6 Å². The van der Waals surface area contributed by atoms with Crippen molar-refractivity contribution in [1.29, 1.82) is 0 Å². The minimum atomic E-state index is -1.17. The van der Waals surface area contributed by atoms with Gasteiger partial charge in [-0.2, -0.15) is 0 Å². The Hall–Kier alpha value is -1.11. The van der Waals surface area contributed by atoms with Crippen LogP contribution < -0.4 is 0 Å². The van der Waals surface area contributed by atoms with Crippen LogP contribution in [-0.4, -0.2) is 99.3 Å². The predicted octanol–water partition coefficient (Wildman–Crippen LogP) is 1.20. The Morgan fingerprint density at radius 2 is 1.73 bits per heavy atom. The molecule has 10 nitrogen and oxygen atoms in total. The first-order chi connectivity index (χ1) is 18.8. The summed E-state index contributed by atoms with van der Waals surface area (Å²) in [5.74, 6) is -0.840. The fraction of sp³-hybridized carbons (Fsp3) is 0.900.